The second-order valence-electron chi connectivity index (χ2n) is 2.96. The predicted octanol–water partition coefficient (Wildman–Crippen LogP) is -0.795. The van der Waals surface area contributed by atoms with Gasteiger partial charge in [-0.1, -0.05) is 11.3 Å². The van der Waals surface area contributed by atoms with Crippen LogP contribution in [0.25, 0.3) is 0 Å². The standard InChI is InChI=1S/C7H13N3O3S2/c8-2-1-3-15(12,13)9-4-6-5-14-7(11)10-6/h5,9H,1-4,8H2,(H,10,11). The number of hydrogen-bond acceptors (Lipinski definition) is 5. The third-order valence-electron chi connectivity index (χ3n) is 1.67. The normalized spacial score (nSPS) is 11.8. The molecule has 1 heterocycles. The molecule has 0 aliphatic rings. The van der Waals surface area contributed by atoms with Gasteiger partial charge in [0.15, 0.2) is 0 Å². The number of hydrogen-bond donors (Lipinski definition) is 3. The van der Waals surface area contributed by atoms with E-state index in [-0.39, 0.29) is 17.2 Å². The van der Waals surface area contributed by atoms with Crippen LogP contribution in [-0.4, -0.2) is 25.7 Å². The summed E-state index contributed by atoms with van der Waals surface area (Å²) in [6.07, 6.45) is 0.426. The lowest BCUT2D eigenvalue weighted by Gasteiger charge is -2.03. The molecule has 0 aliphatic carbocycles. The molecule has 0 bridgehead atoms. The quantitative estimate of drug-likeness (QED) is 0.616. The van der Waals surface area contributed by atoms with Crippen molar-refractivity contribution in [2.24, 2.45) is 5.73 Å². The summed E-state index contributed by atoms with van der Waals surface area (Å²) < 4.78 is 25.0. The van der Waals surface area contributed by atoms with Gasteiger partial charge in [-0.05, 0) is 13.0 Å². The highest BCUT2D eigenvalue weighted by molar-refractivity contribution is 7.89. The number of nitrogens with one attached hydrogen (secondary N) is 2. The van der Waals surface area contributed by atoms with Crippen molar-refractivity contribution < 1.29 is 8.42 Å². The molecule has 0 amide bonds. The van der Waals surface area contributed by atoms with Crippen LogP contribution in [0.3, 0.4) is 0 Å². The fraction of sp³-hybridized carbons (Fsp3) is 0.571. The Kier molecular flexibility index (Phi) is 4.45. The minimum atomic E-state index is -3.28. The Balaban J connectivity index is 2.46. The molecule has 6 nitrogen and oxygen atoms in total. The van der Waals surface area contributed by atoms with Gasteiger partial charge in [0.1, 0.15) is 0 Å². The topological polar surface area (TPSA) is 105 Å². The Labute approximate surface area is 91.6 Å². The van der Waals surface area contributed by atoms with E-state index in [1.165, 1.54) is 0 Å². The summed E-state index contributed by atoms with van der Waals surface area (Å²) in [4.78, 5) is 13.1. The fourth-order valence-corrected chi connectivity index (χ4v) is 2.58. The Morgan fingerprint density at radius 3 is 2.80 bits per heavy atom. The van der Waals surface area contributed by atoms with E-state index in [2.05, 4.69) is 9.71 Å². The van der Waals surface area contributed by atoms with Crippen molar-refractivity contribution in [1.29, 1.82) is 0 Å². The summed E-state index contributed by atoms with van der Waals surface area (Å²) in [5, 5.41) is 1.59. The zero-order valence-electron chi connectivity index (χ0n) is 8.02. The van der Waals surface area contributed by atoms with Crippen LogP contribution in [0.2, 0.25) is 0 Å². The third kappa shape index (κ3) is 4.56. The van der Waals surface area contributed by atoms with E-state index >= 15 is 0 Å². The highest BCUT2D eigenvalue weighted by Crippen LogP contribution is 1.97. The number of aromatic nitrogens is 1. The molecule has 8 heteroatoms. The van der Waals surface area contributed by atoms with E-state index in [0.29, 0.717) is 18.7 Å². The average Bonchev–Trinajstić information content (AvgIpc) is 2.59. The molecule has 15 heavy (non-hydrogen) atoms. The Bertz CT molecular complexity index is 448. The molecule has 86 valence electrons. The first-order valence-corrected chi connectivity index (χ1v) is 6.91. The molecule has 1 rings (SSSR count). The van der Waals surface area contributed by atoms with Crippen LogP contribution in [0.1, 0.15) is 12.1 Å². The molecule has 0 radical (unpaired) electrons. The Morgan fingerprint density at radius 2 is 2.27 bits per heavy atom. The average molecular weight is 251 g/mol. The highest BCUT2D eigenvalue weighted by Gasteiger charge is 2.09. The van der Waals surface area contributed by atoms with Crippen molar-refractivity contribution in [2.45, 2.75) is 13.0 Å². The van der Waals surface area contributed by atoms with Gasteiger partial charge in [0.25, 0.3) is 0 Å². The summed E-state index contributed by atoms with van der Waals surface area (Å²) in [5.74, 6) is 0.0118. The first kappa shape index (κ1) is 12.4. The SMILES string of the molecule is NCCCS(=O)(=O)NCc1csc(=O)[nH]1. The predicted molar refractivity (Wildman–Crippen MR) is 59.2 cm³/mol. The molecule has 0 fully saturated rings. The molecule has 1 aromatic rings. The maximum Gasteiger partial charge on any atom is 0.304 e. The summed E-state index contributed by atoms with van der Waals surface area (Å²) in [6.45, 7) is 0.460. The first-order chi connectivity index (χ1) is 7.03. The van der Waals surface area contributed by atoms with Crippen molar-refractivity contribution in [3.8, 4) is 0 Å². The summed E-state index contributed by atoms with van der Waals surface area (Å²) in [7, 11) is -3.28. The van der Waals surface area contributed by atoms with Crippen molar-refractivity contribution in [1.82, 2.24) is 9.71 Å². The van der Waals surface area contributed by atoms with Gasteiger partial charge in [0, 0.05) is 11.1 Å². The van der Waals surface area contributed by atoms with E-state index in [1.807, 2.05) is 0 Å². The lowest BCUT2D eigenvalue weighted by molar-refractivity contribution is 0.578. The summed E-state index contributed by atoms with van der Waals surface area (Å²) >= 11 is 1.01. The number of rotatable bonds is 6. The van der Waals surface area contributed by atoms with Crippen LogP contribution in [-0.2, 0) is 16.6 Å². The van der Waals surface area contributed by atoms with Crippen LogP contribution in [0.4, 0.5) is 0 Å². The van der Waals surface area contributed by atoms with Crippen LogP contribution in [0.5, 0.6) is 0 Å². The van der Waals surface area contributed by atoms with Crippen LogP contribution < -0.4 is 15.3 Å². The molecule has 0 aliphatic heterocycles. The number of nitrogens with two attached hydrogens (primary N) is 1. The monoisotopic (exact) mass is 251 g/mol. The zero-order valence-corrected chi connectivity index (χ0v) is 9.66. The van der Waals surface area contributed by atoms with Crippen molar-refractivity contribution in [3.05, 3.63) is 20.7 Å². The van der Waals surface area contributed by atoms with Crippen molar-refractivity contribution in [2.75, 3.05) is 12.3 Å². The molecule has 0 spiro atoms. The Hall–Kier alpha value is -0.700. The minimum absolute atomic E-state index is 0.0118. The fourth-order valence-electron chi connectivity index (χ4n) is 0.934. The molecular weight excluding hydrogens is 238 g/mol. The second kappa shape index (κ2) is 5.40. The molecule has 0 unspecified atom stereocenters. The van der Waals surface area contributed by atoms with Gasteiger partial charge in [0.05, 0.1) is 12.3 Å². The summed E-state index contributed by atoms with van der Waals surface area (Å²) in [6, 6.07) is 0. The number of H-pyrrole nitrogens is 1. The molecule has 4 N–H and O–H groups in total. The van der Waals surface area contributed by atoms with Crippen LogP contribution >= 0.6 is 11.3 Å². The van der Waals surface area contributed by atoms with E-state index in [9.17, 15) is 13.2 Å². The smallest absolute Gasteiger partial charge is 0.304 e. The molecular formula is C7H13N3O3S2. The van der Waals surface area contributed by atoms with Gasteiger partial charge in [-0.25, -0.2) is 13.1 Å². The largest absolute Gasteiger partial charge is 0.330 e. The lowest BCUT2D eigenvalue weighted by atomic mass is 10.5. The minimum Gasteiger partial charge on any atom is -0.330 e. The molecule has 1 aromatic heterocycles. The van der Waals surface area contributed by atoms with E-state index < -0.39 is 10.0 Å². The van der Waals surface area contributed by atoms with Gasteiger partial charge >= 0.3 is 4.87 Å². The van der Waals surface area contributed by atoms with Gasteiger partial charge in [-0.2, -0.15) is 0 Å². The van der Waals surface area contributed by atoms with Crippen molar-refractivity contribution in [3.63, 3.8) is 0 Å². The number of sulfonamides is 1. The second-order valence-corrected chi connectivity index (χ2v) is 5.72. The van der Waals surface area contributed by atoms with Gasteiger partial charge in [-0.3, -0.25) is 4.79 Å². The number of thiazole rings is 1. The van der Waals surface area contributed by atoms with Crippen LogP contribution in [0, 0.1) is 0 Å². The Morgan fingerprint density at radius 1 is 1.53 bits per heavy atom. The van der Waals surface area contributed by atoms with Gasteiger partial charge in [-0.15, -0.1) is 0 Å². The van der Waals surface area contributed by atoms with E-state index in [0.717, 1.165) is 11.3 Å². The first-order valence-electron chi connectivity index (χ1n) is 4.37. The zero-order chi connectivity index (χ0) is 11.3. The molecule has 0 saturated heterocycles. The maximum atomic E-state index is 11.3. The highest BCUT2D eigenvalue weighted by atomic mass is 32.2. The van der Waals surface area contributed by atoms with Crippen LogP contribution in [0.15, 0.2) is 10.2 Å². The van der Waals surface area contributed by atoms with Gasteiger partial charge < -0.3 is 10.7 Å². The molecule has 0 atom stereocenters. The van der Waals surface area contributed by atoms with Gasteiger partial charge in [0.2, 0.25) is 10.0 Å². The van der Waals surface area contributed by atoms with E-state index in [4.69, 9.17) is 5.73 Å². The summed E-state index contributed by atoms with van der Waals surface area (Å²) in [5.41, 5.74) is 5.78. The van der Waals surface area contributed by atoms with E-state index in [1.54, 1.807) is 5.38 Å². The lowest BCUT2D eigenvalue weighted by Crippen LogP contribution is -2.27. The van der Waals surface area contributed by atoms with Crippen molar-refractivity contribution >= 4 is 21.4 Å². The molecule has 0 saturated carbocycles. The molecule has 0 aromatic carbocycles. The number of aromatic amines is 1. The third-order valence-corrected chi connectivity index (χ3v) is 3.80. The maximum absolute atomic E-state index is 11.3.